The normalized spacial score (nSPS) is 26.9. The average Bonchev–Trinajstić information content (AvgIpc) is 2.80. The number of hydrogen-bond acceptors (Lipinski definition) is 3. The van der Waals surface area contributed by atoms with E-state index in [9.17, 15) is 0 Å². The fraction of sp³-hybridized carbons (Fsp3) is 0.714. The van der Waals surface area contributed by atoms with Gasteiger partial charge in [-0.25, -0.2) is 0 Å². The van der Waals surface area contributed by atoms with Gasteiger partial charge < -0.3 is 10.1 Å². The van der Waals surface area contributed by atoms with E-state index >= 15 is 0 Å². The van der Waals surface area contributed by atoms with Gasteiger partial charge in [0.2, 0.25) is 0 Å². The Balaban J connectivity index is 1.42. The lowest BCUT2D eigenvalue weighted by atomic mass is 9.74. The van der Waals surface area contributed by atoms with E-state index in [4.69, 9.17) is 4.74 Å². The third kappa shape index (κ3) is 2.72. The molecule has 1 aromatic rings. The Bertz CT molecular complexity index is 345. The lowest BCUT2D eigenvalue weighted by Crippen LogP contribution is -2.51. The van der Waals surface area contributed by atoms with Crippen LogP contribution in [-0.4, -0.2) is 24.8 Å². The molecular formula is C14H21NOS. The highest BCUT2D eigenvalue weighted by Crippen LogP contribution is 2.42. The van der Waals surface area contributed by atoms with Crippen LogP contribution in [0.1, 0.15) is 37.7 Å². The highest BCUT2D eigenvalue weighted by molar-refractivity contribution is 7.07. The molecule has 2 fully saturated rings. The zero-order valence-electron chi connectivity index (χ0n) is 10.3. The van der Waals surface area contributed by atoms with Crippen LogP contribution in [0, 0.1) is 0 Å². The third-order valence-corrected chi connectivity index (χ3v) is 4.92. The molecule has 0 aromatic carbocycles. The number of hydrogen-bond donors (Lipinski definition) is 1. The first-order valence-electron chi connectivity index (χ1n) is 6.75. The van der Waals surface area contributed by atoms with Crippen molar-refractivity contribution in [1.82, 2.24) is 5.32 Å². The fourth-order valence-corrected chi connectivity index (χ4v) is 3.68. The maximum atomic E-state index is 5.95. The van der Waals surface area contributed by atoms with Crippen LogP contribution >= 0.6 is 11.3 Å². The Morgan fingerprint density at radius 1 is 1.47 bits per heavy atom. The van der Waals surface area contributed by atoms with Crippen LogP contribution in [0.4, 0.5) is 0 Å². The van der Waals surface area contributed by atoms with Gasteiger partial charge in [-0.15, -0.1) is 0 Å². The summed E-state index contributed by atoms with van der Waals surface area (Å²) < 4.78 is 5.95. The van der Waals surface area contributed by atoms with Gasteiger partial charge in [0.25, 0.3) is 0 Å². The highest BCUT2D eigenvalue weighted by atomic mass is 32.1. The molecule has 1 aliphatic heterocycles. The Labute approximate surface area is 107 Å². The highest BCUT2D eigenvalue weighted by Gasteiger charge is 2.42. The van der Waals surface area contributed by atoms with Crippen LogP contribution in [0.2, 0.25) is 0 Å². The van der Waals surface area contributed by atoms with E-state index in [2.05, 4.69) is 22.1 Å². The maximum absolute atomic E-state index is 5.95. The molecule has 17 heavy (non-hydrogen) atoms. The van der Waals surface area contributed by atoms with Gasteiger partial charge in [-0.05, 0) is 67.5 Å². The van der Waals surface area contributed by atoms with Crippen molar-refractivity contribution in [2.45, 2.75) is 50.2 Å². The molecule has 1 N–H and O–H groups in total. The van der Waals surface area contributed by atoms with Crippen LogP contribution in [0.3, 0.4) is 0 Å². The third-order valence-electron chi connectivity index (χ3n) is 4.18. The Kier molecular flexibility index (Phi) is 3.50. The predicted molar refractivity (Wildman–Crippen MR) is 71.6 cm³/mol. The lowest BCUT2D eigenvalue weighted by molar-refractivity contribution is -0.135. The summed E-state index contributed by atoms with van der Waals surface area (Å²) in [7, 11) is 0. The van der Waals surface area contributed by atoms with Crippen molar-refractivity contribution in [3.05, 3.63) is 22.4 Å². The second kappa shape index (κ2) is 5.09. The molecule has 0 bridgehead atoms. The fourth-order valence-electron chi connectivity index (χ4n) is 2.98. The summed E-state index contributed by atoms with van der Waals surface area (Å²) in [4.78, 5) is 0. The minimum atomic E-state index is 0.276. The number of nitrogens with one attached hydrogen (secondary N) is 1. The van der Waals surface area contributed by atoms with Crippen molar-refractivity contribution in [3.8, 4) is 0 Å². The smallest absolute Gasteiger partial charge is 0.0697 e. The monoisotopic (exact) mass is 251 g/mol. The lowest BCUT2D eigenvalue weighted by Gasteiger charge is -2.47. The van der Waals surface area contributed by atoms with E-state index in [1.54, 1.807) is 11.3 Å². The van der Waals surface area contributed by atoms with Crippen LogP contribution in [0.5, 0.6) is 0 Å². The molecule has 94 valence electrons. The van der Waals surface area contributed by atoms with Crippen molar-refractivity contribution >= 4 is 11.3 Å². The van der Waals surface area contributed by atoms with Crippen molar-refractivity contribution < 1.29 is 4.74 Å². The summed E-state index contributed by atoms with van der Waals surface area (Å²) in [5.74, 6) is 0. The van der Waals surface area contributed by atoms with Crippen molar-refractivity contribution in [2.75, 3.05) is 13.2 Å². The van der Waals surface area contributed by atoms with Crippen LogP contribution in [0.15, 0.2) is 16.8 Å². The second-order valence-corrected chi connectivity index (χ2v) is 6.19. The summed E-state index contributed by atoms with van der Waals surface area (Å²) in [5.41, 5.74) is 1.74. The van der Waals surface area contributed by atoms with Gasteiger partial charge in [0.15, 0.2) is 0 Å². The largest absolute Gasteiger partial charge is 0.375 e. The molecule has 1 saturated carbocycles. The number of thiophene rings is 1. The number of ether oxygens (including phenoxy) is 1. The van der Waals surface area contributed by atoms with Crippen LogP contribution in [-0.2, 0) is 11.2 Å². The summed E-state index contributed by atoms with van der Waals surface area (Å²) in [6.45, 7) is 2.06. The molecule has 1 atom stereocenters. The van der Waals surface area contributed by atoms with Gasteiger partial charge in [0.05, 0.1) is 5.60 Å². The molecule has 1 spiro atoms. The summed E-state index contributed by atoms with van der Waals surface area (Å²) in [6.07, 6.45) is 7.52. The minimum absolute atomic E-state index is 0.276. The average molecular weight is 251 g/mol. The van der Waals surface area contributed by atoms with Gasteiger partial charge in [-0.3, -0.25) is 0 Å². The maximum Gasteiger partial charge on any atom is 0.0697 e. The molecule has 2 heterocycles. The van der Waals surface area contributed by atoms with E-state index in [0.717, 1.165) is 19.6 Å². The van der Waals surface area contributed by atoms with E-state index in [0.29, 0.717) is 6.04 Å². The molecule has 0 radical (unpaired) electrons. The molecule has 3 heteroatoms. The standard InChI is InChI=1S/C14H21NOS/c1-5-14(6-1)10-13(3-8-16-14)15-7-2-12-4-9-17-11-12/h4,9,11,13,15H,1-3,5-8,10H2. The first kappa shape index (κ1) is 11.7. The molecule has 0 amide bonds. The molecule has 3 rings (SSSR count). The zero-order chi connectivity index (χ0) is 11.6. The van der Waals surface area contributed by atoms with E-state index in [1.165, 1.54) is 37.7 Å². The molecule has 2 aliphatic rings. The quantitative estimate of drug-likeness (QED) is 0.888. The van der Waals surface area contributed by atoms with Gasteiger partial charge in [0, 0.05) is 12.6 Å². The van der Waals surface area contributed by atoms with Crippen molar-refractivity contribution in [1.29, 1.82) is 0 Å². The van der Waals surface area contributed by atoms with Crippen LogP contribution in [0.25, 0.3) is 0 Å². The van der Waals surface area contributed by atoms with Gasteiger partial charge in [-0.2, -0.15) is 11.3 Å². The second-order valence-electron chi connectivity index (χ2n) is 5.41. The van der Waals surface area contributed by atoms with Gasteiger partial charge in [0.1, 0.15) is 0 Å². The van der Waals surface area contributed by atoms with E-state index in [-0.39, 0.29) is 5.60 Å². The molecule has 1 unspecified atom stereocenters. The molecule has 1 aliphatic carbocycles. The zero-order valence-corrected chi connectivity index (χ0v) is 11.1. The van der Waals surface area contributed by atoms with E-state index in [1.807, 2.05) is 0 Å². The Morgan fingerprint density at radius 2 is 2.41 bits per heavy atom. The number of rotatable bonds is 4. The molecular weight excluding hydrogens is 230 g/mol. The van der Waals surface area contributed by atoms with Gasteiger partial charge >= 0.3 is 0 Å². The first-order chi connectivity index (χ1) is 8.36. The van der Waals surface area contributed by atoms with Crippen molar-refractivity contribution in [3.63, 3.8) is 0 Å². The molecule has 2 nitrogen and oxygen atoms in total. The summed E-state index contributed by atoms with van der Waals surface area (Å²) in [5, 5.41) is 8.12. The van der Waals surface area contributed by atoms with E-state index < -0.39 is 0 Å². The van der Waals surface area contributed by atoms with Crippen LogP contribution < -0.4 is 5.32 Å². The van der Waals surface area contributed by atoms with Crippen molar-refractivity contribution in [2.24, 2.45) is 0 Å². The SMILES string of the molecule is c1cc(CCNC2CCOC3(CCC3)C2)cs1. The predicted octanol–water partition coefficient (Wildman–Crippen LogP) is 2.98. The Hall–Kier alpha value is -0.380. The summed E-state index contributed by atoms with van der Waals surface area (Å²) >= 11 is 1.79. The summed E-state index contributed by atoms with van der Waals surface area (Å²) in [6, 6.07) is 2.91. The minimum Gasteiger partial charge on any atom is -0.375 e. The Morgan fingerprint density at radius 3 is 3.12 bits per heavy atom. The molecule has 1 saturated heterocycles. The first-order valence-corrected chi connectivity index (χ1v) is 7.69. The van der Waals surface area contributed by atoms with Gasteiger partial charge in [-0.1, -0.05) is 0 Å². The molecule has 1 aromatic heterocycles. The topological polar surface area (TPSA) is 21.3 Å².